The first-order valence-corrected chi connectivity index (χ1v) is 8.44. The van der Waals surface area contributed by atoms with E-state index in [1.54, 1.807) is 6.92 Å². The first kappa shape index (κ1) is 17.0. The van der Waals surface area contributed by atoms with Crippen LogP contribution in [0.1, 0.15) is 38.7 Å². The minimum Gasteiger partial charge on any atom is -0.337 e. The monoisotopic (exact) mass is 303 g/mol. The largest absolute Gasteiger partial charge is 0.337 e. The van der Waals surface area contributed by atoms with E-state index in [-0.39, 0.29) is 5.91 Å². The van der Waals surface area contributed by atoms with Gasteiger partial charge in [0.25, 0.3) is 0 Å². The Balaban J connectivity index is 1.99. The van der Waals surface area contributed by atoms with Gasteiger partial charge in [0, 0.05) is 25.7 Å². The van der Waals surface area contributed by atoms with Gasteiger partial charge in [0.2, 0.25) is 5.91 Å². The summed E-state index contributed by atoms with van der Waals surface area (Å²) in [4.78, 5) is 16.8. The van der Waals surface area contributed by atoms with Gasteiger partial charge >= 0.3 is 0 Å². The minimum atomic E-state index is -0.398. The second-order valence-corrected chi connectivity index (χ2v) is 6.28. The molecule has 122 valence electrons. The topological polar surface area (TPSA) is 49.6 Å². The Morgan fingerprint density at radius 2 is 2.09 bits per heavy atom. The number of piperidine rings is 1. The molecule has 1 saturated heterocycles. The summed E-state index contributed by atoms with van der Waals surface area (Å²) in [7, 11) is 0. The van der Waals surface area contributed by atoms with Crippen molar-refractivity contribution < 1.29 is 4.79 Å². The molecule has 0 aromatic heterocycles. The number of hydrogen-bond acceptors (Lipinski definition) is 3. The molecule has 1 unspecified atom stereocenters. The predicted octanol–water partition coefficient (Wildman–Crippen LogP) is 2.24. The van der Waals surface area contributed by atoms with Crippen LogP contribution in [0.2, 0.25) is 0 Å². The van der Waals surface area contributed by atoms with E-state index in [4.69, 9.17) is 5.73 Å². The SMILES string of the molecule is CCN(Cc1ccccc1)CC1CCCCN1C(=O)[C@H](C)N. The molecule has 1 fully saturated rings. The zero-order valence-corrected chi connectivity index (χ0v) is 13.9. The van der Waals surface area contributed by atoms with Crippen LogP contribution in [0.4, 0.5) is 0 Å². The average molecular weight is 303 g/mol. The summed E-state index contributed by atoms with van der Waals surface area (Å²) in [6, 6.07) is 10.4. The van der Waals surface area contributed by atoms with Gasteiger partial charge < -0.3 is 10.6 Å². The fraction of sp³-hybridized carbons (Fsp3) is 0.611. The predicted molar refractivity (Wildman–Crippen MR) is 90.4 cm³/mol. The van der Waals surface area contributed by atoms with Gasteiger partial charge in [-0.3, -0.25) is 9.69 Å². The Labute approximate surface area is 134 Å². The first-order valence-electron chi connectivity index (χ1n) is 8.44. The molecule has 1 amide bonds. The quantitative estimate of drug-likeness (QED) is 0.877. The van der Waals surface area contributed by atoms with Crippen molar-refractivity contribution in [2.45, 2.75) is 51.7 Å². The highest BCUT2D eigenvalue weighted by molar-refractivity contribution is 5.81. The van der Waals surface area contributed by atoms with Crippen LogP contribution >= 0.6 is 0 Å². The lowest BCUT2D eigenvalue weighted by molar-refractivity contribution is -0.136. The second kappa shape index (κ2) is 8.30. The standard InChI is InChI=1S/C18H29N3O/c1-3-20(13-16-9-5-4-6-10-16)14-17-11-7-8-12-21(17)18(22)15(2)19/h4-6,9-10,15,17H,3,7-8,11-14,19H2,1-2H3/t15-,17?/m0/s1. The fourth-order valence-corrected chi connectivity index (χ4v) is 3.19. The highest BCUT2D eigenvalue weighted by atomic mass is 16.2. The molecule has 4 heteroatoms. The maximum atomic E-state index is 12.3. The van der Waals surface area contributed by atoms with Gasteiger partial charge in [-0.25, -0.2) is 0 Å². The maximum absolute atomic E-state index is 12.3. The maximum Gasteiger partial charge on any atom is 0.239 e. The fourth-order valence-electron chi connectivity index (χ4n) is 3.19. The number of nitrogens with two attached hydrogens (primary N) is 1. The van der Waals surface area contributed by atoms with Gasteiger partial charge in [-0.2, -0.15) is 0 Å². The van der Waals surface area contributed by atoms with Gasteiger partial charge in [0.15, 0.2) is 0 Å². The zero-order valence-electron chi connectivity index (χ0n) is 13.9. The molecule has 0 bridgehead atoms. The normalized spacial score (nSPS) is 20.2. The summed E-state index contributed by atoms with van der Waals surface area (Å²) in [5, 5.41) is 0. The van der Waals surface area contributed by atoms with Crippen molar-refractivity contribution in [3.8, 4) is 0 Å². The highest BCUT2D eigenvalue weighted by Crippen LogP contribution is 2.19. The molecule has 2 atom stereocenters. The third kappa shape index (κ3) is 4.55. The van der Waals surface area contributed by atoms with E-state index in [2.05, 4.69) is 36.1 Å². The summed E-state index contributed by atoms with van der Waals surface area (Å²) in [6.07, 6.45) is 3.39. The van der Waals surface area contributed by atoms with E-state index in [9.17, 15) is 4.79 Å². The van der Waals surface area contributed by atoms with Gasteiger partial charge in [-0.05, 0) is 38.3 Å². The summed E-state index contributed by atoms with van der Waals surface area (Å²) in [6.45, 7) is 7.69. The smallest absolute Gasteiger partial charge is 0.239 e. The van der Waals surface area contributed by atoms with Crippen LogP contribution in [0.5, 0.6) is 0 Å². The summed E-state index contributed by atoms with van der Waals surface area (Å²) >= 11 is 0. The van der Waals surface area contributed by atoms with Crippen LogP contribution in [0, 0.1) is 0 Å². The average Bonchev–Trinajstić information content (AvgIpc) is 2.55. The number of likely N-dealkylation sites (tertiary alicyclic amines) is 1. The molecule has 1 aliphatic rings. The third-order valence-corrected chi connectivity index (χ3v) is 4.46. The van der Waals surface area contributed by atoms with E-state index in [0.717, 1.165) is 39.0 Å². The van der Waals surface area contributed by atoms with Crippen molar-refractivity contribution in [1.29, 1.82) is 0 Å². The van der Waals surface area contributed by atoms with Crippen molar-refractivity contribution >= 4 is 5.91 Å². The molecule has 0 aliphatic carbocycles. The molecule has 4 nitrogen and oxygen atoms in total. The number of likely N-dealkylation sites (N-methyl/N-ethyl adjacent to an activating group) is 1. The number of carbonyl (C=O) groups is 1. The Bertz CT molecular complexity index is 461. The second-order valence-electron chi connectivity index (χ2n) is 6.28. The lowest BCUT2D eigenvalue weighted by Gasteiger charge is -2.39. The summed E-state index contributed by atoms with van der Waals surface area (Å²) in [5.74, 6) is 0.0977. The lowest BCUT2D eigenvalue weighted by Crippen LogP contribution is -2.53. The van der Waals surface area contributed by atoms with Crippen LogP contribution in [0.25, 0.3) is 0 Å². The first-order chi connectivity index (χ1) is 10.6. The number of rotatable bonds is 6. The number of nitrogens with zero attached hydrogens (tertiary/aromatic N) is 2. The van der Waals surface area contributed by atoms with Crippen LogP contribution in [0.3, 0.4) is 0 Å². The molecule has 1 aromatic carbocycles. The molecule has 2 rings (SSSR count). The molecule has 1 heterocycles. The Hall–Kier alpha value is -1.39. The molecule has 0 saturated carbocycles. The Morgan fingerprint density at radius 3 is 2.73 bits per heavy atom. The van der Waals surface area contributed by atoms with Crippen LogP contribution in [0.15, 0.2) is 30.3 Å². The van der Waals surface area contributed by atoms with Crippen molar-refractivity contribution in [3.05, 3.63) is 35.9 Å². The van der Waals surface area contributed by atoms with Gasteiger partial charge in [0.1, 0.15) is 0 Å². The highest BCUT2D eigenvalue weighted by Gasteiger charge is 2.29. The molecule has 0 radical (unpaired) electrons. The molecule has 1 aromatic rings. The van der Waals surface area contributed by atoms with Gasteiger partial charge in [-0.1, -0.05) is 37.3 Å². The van der Waals surface area contributed by atoms with E-state index >= 15 is 0 Å². The minimum absolute atomic E-state index is 0.0977. The van der Waals surface area contributed by atoms with E-state index in [1.807, 2.05) is 11.0 Å². The summed E-state index contributed by atoms with van der Waals surface area (Å²) < 4.78 is 0. The van der Waals surface area contributed by atoms with E-state index in [0.29, 0.717) is 6.04 Å². The number of hydrogen-bond donors (Lipinski definition) is 1. The van der Waals surface area contributed by atoms with Crippen LogP contribution < -0.4 is 5.73 Å². The van der Waals surface area contributed by atoms with Crippen molar-refractivity contribution in [1.82, 2.24) is 9.80 Å². The molecule has 22 heavy (non-hydrogen) atoms. The number of amides is 1. The van der Waals surface area contributed by atoms with Crippen LogP contribution in [-0.4, -0.2) is 47.4 Å². The van der Waals surface area contributed by atoms with Crippen molar-refractivity contribution in [2.24, 2.45) is 5.73 Å². The Kier molecular flexibility index (Phi) is 6.40. The third-order valence-electron chi connectivity index (χ3n) is 4.46. The molecular weight excluding hydrogens is 274 g/mol. The van der Waals surface area contributed by atoms with Crippen molar-refractivity contribution in [2.75, 3.05) is 19.6 Å². The van der Waals surface area contributed by atoms with Crippen LogP contribution in [-0.2, 0) is 11.3 Å². The zero-order chi connectivity index (χ0) is 15.9. The molecule has 1 aliphatic heterocycles. The molecule has 0 spiro atoms. The van der Waals surface area contributed by atoms with E-state index in [1.165, 1.54) is 12.0 Å². The molecular formula is C18H29N3O. The van der Waals surface area contributed by atoms with E-state index < -0.39 is 6.04 Å². The summed E-state index contributed by atoms with van der Waals surface area (Å²) in [5.41, 5.74) is 7.14. The molecule has 2 N–H and O–H groups in total. The lowest BCUT2D eigenvalue weighted by atomic mass is 10.00. The number of benzene rings is 1. The van der Waals surface area contributed by atoms with Gasteiger partial charge in [0.05, 0.1) is 6.04 Å². The Morgan fingerprint density at radius 1 is 1.36 bits per heavy atom. The van der Waals surface area contributed by atoms with Crippen molar-refractivity contribution in [3.63, 3.8) is 0 Å². The number of carbonyl (C=O) groups excluding carboxylic acids is 1. The van der Waals surface area contributed by atoms with Gasteiger partial charge in [-0.15, -0.1) is 0 Å².